The van der Waals surface area contributed by atoms with Gasteiger partial charge in [-0.05, 0) is 39.3 Å². The lowest BCUT2D eigenvalue weighted by Crippen LogP contribution is -2.45. The Labute approximate surface area is 97.5 Å². The first-order valence-electron chi connectivity index (χ1n) is 5.89. The molecule has 1 N–H and O–H groups in total. The highest BCUT2D eigenvalue weighted by atomic mass is 32.2. The van der Waals surface area contributed by atoms with Crippen molar-refractivity contribution in [2.45, 2.75) is 31.2 Å². The van der Waals surface area contributed by atoms with Crippen molar-refractivity contribution in [2.24, 2.45) is 5.92 Å². The Morgan fingerprint density at radius 2 is 2.33 bits per heavy atom. The molecule has 15 heavy (non-hydrogen) atoms. The molecule has 0 saturated carbocycles. The van der Waals surface area contributed by atoms with Gasteiger partial charge in [0.05, 0.1) is 5.37 Å². The Morgan fingerprint density at radius 1 is 1.53 bits per heavy atom. The molecular weight excluding hydrogens is 204 g/mol. The Morgan fingerprint density at radius 3 is 3.00 bits per heavy atom. The summed E-state index contributed by atoms with van der Waals surface area (Å²) < 4.78 is 0. The second-order valence-corrected chi connectivity index (χ2v) is 6.06. The minimum Gasteiger partial charge on any atom is -0.319 e. The van der Waals surface area contributed by atoms with Gasteiger partial charge in [0.1, 0.15) is 0 Å². The number of hydrogen-bond acceptors (Lipinski definition) is 3. The second-order valence-electron chi connectivity index (χ2n) is 4.85. The summed E-state index contributed by atoms with van der Waals surface area (Å²) in [5.74, 6) is 2.10. The van der Waals surface area contributed by atoms with Crippen molar-refractivity contribution in [2.75, 3.05) is 25.9 Å². The van der Waals surface area contributed by atoms with E-state index in [1.807, 2.05) is 0 Å². The number of thioether (sulfide) groups is 1. The van der Waals surface area contributed by atoms with Crippen LogP contribution in [0.3, 0.4) is 0 Å². The first kappa shape index (κ1) is 11.5. The number of rotatable bonds is 3. The van der Waals surface area contributed by atoms with E-state index in [1.54, 1.807) is 0 Å². The number of piperidine rings is 1. The van der Waals surface area contributed by atoms with Gasteiger partial charge in [0.2, 0.25) is 0 Å². The second kappa shape index (κ2) is 4.89. The maximum absolute atomic E-state index is 4.13. The molecule has 2 heterocycles. The molecule has 3 heteroatoms. The van der Waals surface area contributed by atoms with Gasteiger partial charge >= 0.3 is 0 Å². The van der Waals surface area contributed by atoms with E-state index in [0.29, 0.717) is 6.04 Å². The summed E-state index contributed by atoms with van der Waals surface area (Å²) in [6.07, 6.45) is 2.75. The summed E-state index contributed by atoms with van der Waals surface area (Å²) in [5.41, 5.74) is 1.34. The summed E-state index contributed by atoms with van der Waals surface area (Å²) in [4.78, 5) is 2.68. The number of fused-ring (bicyclic) bond motifs is 1. The first-order valence-corrected chi connectivity index (χ1v) is 6.94. The summed E-state index contributed by atoms with van der Waals surface area (Å²) in [7, 11) is 2.06. The number of nitrogens with zero attached hydrogens (tertiary/aromatic N) is 1. The van der Waals surface area contributed by atoms with Gasteiger partial charge in [0.15, 0.2) is 0 Å². The van der Waals surface area contributed by atoms with Crippen LogP contribution in [0.15, 0.2) is 12.2 Å². The average molecular weight is 226 g/mol. The van der Waals surface area contributed by atoms with Gasteiger partial charge in [-0.1, -0.05) is 12.2 Å². The number of hydrogen-bond donors (Lipinski definition) is 1. The molecule has 0 radical (unpaired) electrons. The van der Waals surface area contributed by atoms with E-state index in [0.717, 1.165) is 17.8 Å². The third-order valence-electron chi connectivity index (χ3n) is 3.57. The summed E-state index contributed by atoms with van der Waals surface area (Å²) in [5, 5.41) is 4.08. The minimum atomic E-state index is 0.639. The predicted octanol–water partition coefficient (Wildman–Crippen LogP) is 1.94. The standard InChI is InChI=1S/C12H22N2S/c1-9(2)11-8-15-12-5-4-10(6-13-3)7-14(11)12/h10-13H,1,4-8H2,2-3H3. The highest BCUT2D eigenvalue weighted by molar-refractivity contribution is 8.00. The number of nitrogens with one attached hydrogen (secondary N) is 1. The van der Waals surface area contributed by atoms with Crippen LogP contribution >= 0.6 is 11.8 Å². The highest BCUT2D eigenvalue weighted by Crippen LogP contribution is 2.39. The molecule has 3 atom stereocenters. The molecule has 2 rings (SSSR count). The quantitative estimate of drug-likeness (QED) is 0.740. The van der Waals surface area contributed by atoms with Crippen molar-refractivity contribution >= 4 is 11.8 Å². The molecule has 2 saturated heterocycles. The van der Waals surface area contributed by atoms with Gasteiger partial charge in [-0.15, -0.1) is 11.8 Å². The van der Waals surface area contributed by atoms with E-state index in [4.69, 9.17) is 0 Å². The lowest BCUT2D eigenvalue weighted by molar-refractivity contribution is 0.143. The fourth-order valence-corrected chi connectivity index (χ4v) is 4.34. The van der Waals surface area contributed by atoms with E-state index in [9.17, 15) is 0 Å². The molecule has 0 bridgehead atoms. The van der Waals surface area contributed by atoms with E-state index in [2.05, 4.69) is 42.5 Å². The van der Waals surface area contributed by atoms with Crippen molar-refractivity contribution in [1.29, 1.82) is 0 Å². The Bertz CT molecular complexity index is 242. The third-order valence-corrected chi connectivity index (χ3v) is 4.97. The topological polar surface area (TPSA) is 15.3 Å². The smallest absolute Gasteiger partial charge is 0.0563 e. The van der Waals surface area contributed by atoms with Crippen LogP contribution in [0.1, 0.15) is 19.8 Å². The molecule has 0 aromatic carbocycles. The molecular formula is C12H22N2S. The van der Waals surface area contributed by atoms with Crippen LogP contribution in [0.25, 0.3) is 0 Å². The zero-order chi connectivity index (χ0) is 10.8. The van der Waals surface area contributed by atoms with Gasteiger partial charge in [-0.25, -0.2) is 0 Å². The molecule has 0 aromatic rings. The SMILES string of the molecule is C=C(C)C1CSC2CCC(CNC)CN21. The Hall–Kier alpha value is 0.01000. The molecule has 0 aromatic heterocycles. The van der Waals surface area contributed by atoms with Crippen molar-refractivity contribution in [1.82, 2.24) is 10.2 Å². The normalized spacial score (nSPS) is 36.5. The fraction of sp³-hybridized carbons (Fsp3) is 0.833. The molecule has 3 unspecified atom stereocenters. The van der Waals surface area contributed by atoms with Crippen LogP contribution in [0.5, 0.6) is 0 Å². The van der Waals surface area contributed by atoms with Gasteiger partial charge in [0.25, 0.3) is 0 Å². The zero-order valence-electron chi connectivity index (χ0n) is 9.83. The fourth-order valence-electron chi connectivity index (χ4n) is 2.74. The summed E-state index contributed by atoms with van der Waals surface area (Å²) in [6.45, 7) is 8.73. The molecule has 2 fully saturated rings. The largest absolute Gasteiger partial charge is 0.319 e. The molecule has 2 nitrogen and oxygen atoms in total. The minimum absolute atomic E-state index is 0.639. The van der Waals surface area contributed by atoms with Gasteiger partial charge in [0, 0.05) is 18.3 Å². The lowest BCUT2D eigenvalue weighted by Gasteiger charge is -2.37. The molecule has 0 aliphatic carbocycles. The van der Waals surface area contributed by atoms with Crippen molar-refractivity contribution in [3.05, 3.63) is 12.2 Å². The van der Waals surface area contributed by atoms with Crippen LogP contribution in [0.4, 0.5) is 0 Å². The van der Waals surface area contributed by atoms with Crippen LogP contribution in [0.2, 0.25) is 0 Å². The Kier molecular flexibility index (Phi) is 3.75. The van der Waals surface area contributed by atoms with Crippen LogP contribution in [-0.4, -0.2) is 42.2 Å². The van der Waals surface area contributed by atoms with Gasteiger partial charge in [-0.2, -0.15) is 0 Å². The first-order chi connectivity index (χ1) is 7.22. The van der Waals surface area contributed by atoms with Crippen molar-refractivity contribution in [3.63, 3.8) is 0 Å². The monoisotopic (exact) mass is 226 g/mol. The predicted molar refractivity (Wildman–Crippen MR) is 68.2 cm³/mol. The average Bonchev–Trinajstić information content (AvgIpc) is 2.61. The summed E-state index contributed by atoms with van der Waals surface area (Å²) in [6, 6.07) is 0.639. The van der Waals surface area contributed by atoms with Crippen molar-refractivity contribution in [3.8, 4) is 0 Å². The van der Waals surface area contributed by atoms with E-state index in [1.165, 1.54) is 30.7 Å². The highest BCUT2D eigenvalue weighted by Gasteiger charge is 2.38. The lowest BCUT2D eigenvalue weighted by atomic mass is 9.95. The molecule has 86 valence electrons. The van der Waals surface area contributed by atoms with E-state index in [-0.39, 0.29) is 0 Å². The summed E-state index contributed by atoms with van der Waals surface area (Å²) >= 11 is 2.13. The molecule has 0 amide bonds. The van der Waals surface area contributed by atoms with Crippen LogP contribution < -0.4 is 5.32 Å². The third kappa shape index (κ3) is 2.40. The zero-order valence-corrected chi connectivity index (χ0v) is 10.6. The van der Waals surface area contributed by atoms with Crippen molar-refractivity contribution < 1.29 is 0 Å². The molecule has 0 spiro atoms. The van der Waals surface area contributed by atoms with Gasteiger partial charge < -0.3 is 5.32 Å². The maximum atomic E-state index is 4.13. The van der Waals surface area contributed by atoms with Gasteiger partial charge in [-0.3, -0.25) is 4.90 Å². The van der Waals surface area contributed by atoms with E-state index >= 15 is 0 Å². The van der Waals surface area contributed by atoms with Crippen LogP contribution in [-0.2, 0) is 0 Å². The maximum Gasteiger partial charge on any atom is 0.0563 e. The Balaban J connectivity index is 1.98. The van der Waals surface area contributed by atoms with E-state index < -0.39 is 0 Å². The molecule has 2 aliphatic rings. The van der Waals surface area contributed by atoms with Crippen LogP contribution in [0, 0.1) is 5.92 Å². The molecule has 2 aliphatic heterocycles.